The van der Waals surface area contributed by atoms with Gasteiger partial charge in [-0.05, 0) is 31.1 Å². The highest BCUT2D eigenvalue weighted by molar-refractivity contribution is 5.77. The minimum atomic E-state index is -0.803. The summed E-state index contributed by atoms with van der Waals surface area (Å²) in [6.07, 6.45) is 2.52. The Hall–Kier alpha value is -1.34. The maximum Gasteiger partial charge on any atom is 0.317 e. The lowest BCUT2D eigenvalue weighted by atomic mass is 9.84. The highest BCUT2D eigenvalue weighted by Gasteiger charge is 2.51. The van der Waals surface area contributed by atoms with Crippen molar-refractivity contribution in [1.29, 1.82) is 0 Å². The SMILES string of the molecule is O=C(O)C1C2CCC(C2)C1NC(=O)N1CCOC(CO)C1. The quantitative estimate of drug-likeness (QED) is 0.675. The predicted molar refractivity (Wildman–Crippen MR) is 72.7 cm³/mol. The largest absolute Gasteiger partial charge is 0.481 e. The van der Waals surface area contributed by atoms with E-state index in [-0.39, 0.29) is 36.6 Å². The number of ether oxygens (including phenoxy) is 1. The molecule has 1 saturated heterocycles. The van der Waals surface area contributed by atoms with Crippen LogP contribution in [0.4, 0.5) is 4.79 Å². The van der Waals surface area contributed by atoms with Gasteiger partial charge < -0.3 is 25.2 Å². The number of hydrogen-bond donors (Lipinski definition) is 3. The topological polar surface area (TPSA) is 99.1 Å². The molecule has 0 aromatic carbocycles. The molecule has 2 aliphatic carbocycles. The van der Waals surface area contributed by atoms with Crippen LogP contribution >= 0.6 is 0 Å². The Kier molecular flexibility index (Phi) is 4.03. The summed E-state index contributed by atoms with van der Waals surface area (Å²) in [6.45, 7) is 1.11. The molecule has 1 heterocycles. The standard InChI is InChI=1S/C14H22N2O5/c17-7-10-6-16(3-4-21-10)14(20)15-12-9-2-1-8(5-9)11(12)13(18)19/h8-12,17H,1-7H2,(H,15,20)(H,18,19). The second kappa shape index (κ2) is 5.81. The zero-order valence-electron chi connectivity index (χ0n) is 11.9. The highest BCUT2D eigenvalue weighted by Crippen LogP contribution is 2.48. The van der Waals surface area contributed by atoms with E-state index in [9.17, 15) is 14.7 Å². The Labute approximate surface area is 123 Å². The average Bonchev–Trinajstić information content (AvgIpc) is 3.08. The molecule has 2 amide bonds. The second-order valence-electron chi connectivity index (χ2n) is 6.29. The summed E-state index contributed by atoms with van der Waals surface area (Å²) >= 11 is 0. The maximum atomic E-state index is 12.3. The third-order valence-corrected chi connectivity index (χ3v) is 5.12. The molecule has 7 heteroatoms. The smallest absolute Gasteiger partial charge is 0.317 e. The first kappa shape index (κ1) is 14.6. The molecule has 5 atom stereocenters. The number of aliphatic hydroxyl groups is 1. The van der Waals surface area contributed by atoms with Gasteiger partial charge in [-0.1, -0.05) is 0 Å². The molecule has 7 nitrogen and oxygen atoms in total. The Bertz CT molecular complexity index is 430. The molecule has 1 aliphatic heterocycles. The number of carboxylic acid groups (broad SMARTS) is 1. The number of carbonyl (C=O) groups is 2. The summed E-state index contributed by atoms with van der Waals surface area (Å²) in [5, 5.41) is 21.4. The van der Waals surface area contributed by atoms with Crippen LogP contribution in [-0.4, -0.2) is 65.6 Å². The lowest BCUT2D eigenvalue weighted by Gasteiger charge is -2.35. The highest BCUT2D eigenvalue weighted by atomic mass is 16.5. The van der Waals surface area contributed by atoms with Crippen molar-refractivity contribution in [3.63, 3.8) is 0 Å². The minimum Gasteiger partial charge on any atom is -0.481 e. The van der Waals surface area contributed by atoms with Crippen LogP contribution in [-0.2, 0) is 9.53 Å². The van der Waals surface area contributed by atoms with E-state index in [0.29, 0.717) is 19.7 Å². The van der Waals surface area contributed by atoms with Crippen LogP contribution in [0.3, 0.4) is 0 Å². The third-order valence-electron chi connectivity index (χ3n) is 5.12. The van der Waals surface area contributed by atoms with Gasteiger partial charge >= 0.3 is 12.0 Å². The van der Waals surface area contributed by atoms with E-state index in [1.165, 1.54) is 0 Å². The molecule has 0 radical (unpaired) electrons. The van der Waals surface area contributed by atoms with Crippen LogP contribution in [0.1, 0.15) is 19.3 Å². The normalized spacial score (nSPS) is 38.5. The first-order valence-electron chi connectivity index (χ1n) is 7.61. The van der Waals surface area contributed by atoms with Crippen molar-refractivity contribution >= 4 is 12.0 Å². The van der Waals surface area contributed by atoms with Gasteiger partial charge in [-0.2, -0.15) is 0 Å². The lowest BCUT2D eigenvalue weighted by molar-refractivity contribution is -0.144. The Morgan fingerprint density at radius 2 is 2.05 bits per heavy atom. The Morgan fingerprint density at radius 1 is 1.29 bits per heavy atom. The van der Waals surface area contributed by atoms with E-state index in [1.54, 1.807) is 4.90 Å². The summed E-state index contributed by atoms with van der Waals surface area (Å²) in [7, 11) is 0. The Balaban J connectivity index is 1.62. The molecule has 3 N–H and O–H groups in total. The predicted octanol–water partition coefficient (Wildman–Crippen LogP) is -0.112. The molecule has 2 bridgehead atoms. The third kappa shape index (κ3) is 2.72. The Morgan fingerprint density at radius 3 is 2.76 bits per heavy atom. The zero-order valence-corrected chi connectivity index (χ0v) is 11.9. The van der Waals surface area contributed by atoms with Gasteiger partial charge in [0.25, 0.3) is 0 Å². The van der Waals surface area contributed by atoms with Crippen LogP contribution in [0.5, 0.6) is 0 Å². The van der Waals surface area contributed by atoms with E-state index in [4.69, 9.17) is 9.84 Å². The first-order chi connectivity index (χ1) is 10.1. The van der Waals surface area contributed by atoms with Crippen molar-refractivity contribution in [3.05, 3.63) is 0 Å². The van der Waals surface area contributed by atoms with Crippen molar-refractivity contribution in [2.24, 2.45) is 17.8 Å². The molecule has 118 valence electrons. The van der Waals surface area contributed by atoms with E-state index < -0.39 is 11.9 Å². The van der Waals surface area contributed by atoms with Crippen molar-refractivity contribution in [1.82, 2.24) is 10.2 Å². The van der Waals surface area contributed by atoms with Crippen LogP contribution in [0.2, 0.25) is 0 Å². The molecule has 3 rings (SSSR count). The molecule has 2 saturated carbocycles. The fourth-order valence-electron chi connectivity index (χ4n) is 4.10. The number of aliphatic hydroxyl groups excluding tert-OH is 1. The zero-order chi connectivity index (χ0) is 15.0. The number of carboxylic acids is 1. The summed E-state index contributed by atoms with van der Waals surface area (Å²) in [4.78, 5) is 25.4. The monoisotopic (exact) mass is 298 g/mol. The van der Waals surface area contributed by atoms with Gasteiger partial charge in [0.15, 0.2) is 0 Å². The number of rotatable bonds is 3. The van der Waals surface area contributed by atoms with Gasteiger partial charge in [0.05, 0.1) is 31.8 Å². The van der Waals surface area contributed by atoms with Gasteiger partial charge in [0.1, 0.15) is 0 Å². The lowest BCUT2D eigenvalue weighted by Crippen LogP contribution is -2.55. The van der Waals surface area contributed by atoms with Crippen LogP contribution in [0.15, 0.2) is 0 Å². The van der Waals surface area contributed by atoms with E-state index in [2.05, 4.69) is 5.32 Å². The van der Waals surface area contributed by atoms with Crippen molar-refractivity contribution in [2.45, 2.75) is 31.4 Å². The van der Waals surface area contributed by atoms with E-state index >= 15 is 0 Å². The van der Waals surface area contributed by atoms with Gasteiger partial charge in [-0.3, -0.25) is 4.79 Å². The molecular formula is C14H22N2O5. The average molecular weight is 298 g/mol. The summed E-state index contributed by atoms with van der Waals surface area (Å²) in [5.74, 6) is -0.771. The van der Waals surface area contributed by atoms with Crippen molar-refractivity contribution < 1.29 is 24.5 Å². The summed E-state index contributed by atoms with van der Waals surface area (Å²) in [5.41, 5.74) is 0. The van der Waals surface area contributed by atoms with Crippen LogP contribution in [0.25, 0.3) is 0 Å². The van der Waals surface area contributed by atoms with Gasteiger partial charge in [0, 0.05) is 12.6 Å². The maximum absolute atomic E-state index is 12.3. The number of urea groups is 1. The van der Waals surface area contributed by atoms with E-state index in [1.807, 2.05) is 0 Å². The van der Waals surface area contributed by atoms with Crippen LogP contribution in [0, 0.1) is 17.8 Å². The number of aliphatic carboxylic acids is 1. The van der Waals surface area contributed by atoms with Crippen LogP contribution < -0.4 is 5.32 Å². The molecule has 0 aromatic heterocycles. The molecule has 0 aromatic rings. The molecule has 21 heavy (non-hydrogen) atoms. The summed E-state index contributed by atoms with van der Waals surface area (Å²) < 4.78 is 5.32. The number of carbonyl (C=O) groups excluding carboxylic acids is 1. The number of morpholine rings is 1. The number of nitrogens with zero attached hydrogens (tertiary/aromatic N) is 1. The van der Waals surface area contributed by atoms with Gasteiger partial charge in [0.2, 0.25) is 0 Å². The number of amides is 2. The molecule has 3 aliphatic rings. The molecular weight excluding hydrogens is 276 g/mol. The fraction of sp³-hybridized carbons (Fsp3) is 0.857. The molecule has 5 unspecified atom stereocenters. The molecule has 3 fully saturated rings. The minimum absolute atomic E-state index is 0.115. The van der Waals surface area contributed by atoms with Crippen molar-refractivity contribution in [2.75, 3.05) is 26.3 Å². The molecule has 0 spiro atoms. The summed E-state index contributed by atoms with van der Waals surface area (Å²) in [6, 6.07) is -0.496. The number of hydrogen-bond acceptors (Lipinski definition) is 4. The second-order valence-corrected chi connectivity index (χ2v) is 6.29. The van der Waals surface area contributed by atoms with Crippen molar-refractivity contribution in [3.8, 4) is 0 Å². The first-order valence-corrected chi connectivity index (χ1v) is 7.61. The van der Waals surface area contributed by atoms with Gasteiger partial charge in [-0.25, -0.2) is 4.79 Å². The van der Waals surface area contributed by atoms with E-state index in [0.717, 1.165) is 19.3 Å². The number of nitrogens with one attached hydrogen (secondary N) is 1. The van der Waals surface area contributed by atoms with Gasteiger partial charge in [-0.15, -0.1) is 0 Å². The fourth-order valence-corrected chi connectivity index (χ4v) is 4.10. The number of fused-ring (bicyclic) bond motifs is 2.